The van der Waals surface area contributed by atoms with Crippen LogP contribution < -0.4 is 10.6 Å². The van der Waals surface area contributed by atoms with Gasteiger partial charge in [0.1, 0.15) is 5.82 Å². The van der Waals surface area contributed by atoms with E-state index in [1.54, 1.807) is 0 Å². The number of benzene rings is 1. The highest BCUT2D eigenvalue weighted by Gasteiger charge is 2.05. The third-order valence-electron chi connectivity index (χ3n) is 3.25. The average Bonchev–Trinajstić information content (AvgIpc) is 2.82. The van der Waals surface area contributed by atoms with Crippen LogP contribution in [0.5, 0.6) is 0 Å². The second kappa shape index (κ2) is 7.79. The maximum atomic E-state index is 5.98. The number of halogens is 1. The fourth-order valence-electron chi connectivity index (χ4n) is 1.92. The molecule has 0 amide bonds. The molecule has 0 aliphatic heterocycles. The standard InChI is InChI=1S/C15H21ClN6/c1-4-17-15(18-9-12-6-5-7-13(16)8-12)19-10-14-21-20-11(2)22(14)3/h5-8H,4,9-10H2,1-3H3,(H2,17,18,19). The normalized spacial score (nSPS) is 11.5. The molecule has 7 heteroatoms. The molecule has 0 unspecified atom stereocenters. The van der Waals surface area contributed by atoms with Crippen molar-refractivity contribution in [3.63, 3.8) is 0 Å². The maximum absolute atomic E-state index is 5.98. The van der Waals surface area contributed by atoms with Gasteiger partial charge in [0.2, 0.25) is 0 Å². The zero-order chi connectivity index (χ0) is 15.9. The van der Waals surface area contributed by atoms with E-state index in [0.29, 0.717) is 13.1 Å². The fraction of sp³-hybridized carbons (Fsp3) is 0.400. The lowest BCUT2D eigenvalue weighted by atomic mass is 10.2. The second-order valence-corrected chi connectivity index (χ2v) is 5.34. The molecule has 1 aromatic heterocycles. The number of hydrogen-bond donors (Lipinski definition) is 2. The first-order valence-corrected chi connectivity index (χ1v) is 7.59. The van der Waals surface area contributed by atoms with Gasteiger partial charge in [-0.25, -0.2) is 4.99 Å². The molecule has 22 heavy (non-hydrogen) atoms. The van der Waals surface area contributed by atoms with Gasteiger partial charge >= 0.3 is 0 Å². The number of aliphatic imine (C=N–C) groups is 1. The number of aromatic nitrogens is 3. The lowest BCUT2D eigenvalue weighted by molar-refractivity contribution is 0.718. The number of aryl methyl sites for hydroxylation is 1. The minimum Gasteiger partial charge on any atom is -0.357 e. The summed E-state index contributed by atoms with van der Waals surface area (Å²) < 4.78 is 1.95. The molecule has 1 heterocycles. The van der Waals surface area contributed by atoms with E-state index in [1.807, 2.05) is 49.7 Å². The Morgan fingerprint density at radius 2 is 2.14 bits per heavy atom. The molecule has 2 rings (SSSR count). The van der Waals surface area contributed by atoms with Crippen LogP contribution in [0.2, 0.25) is 5.02 Å². The summed E-state index contributed by atoms with van der Waals surface area (Å²) in [7, 11) is 1.95. The lowest BCUT2D eigenvalue weighted by Crippen LogP contribution is -2.37. The van der Waals surface area contributed by atoms with Crippen LogP contribution in [0.25, 0.3) is 0 Å². The Kier molecular flexibility index (Phi) is 5.77. The van der Waals surface area contributed by atoms with E-state index in [0.717, 1.165) is 34.7 Å². The summed E-state index contributed by atoms with van der Waals surface area (Å²) >= 11 is 5.98. The molecule has 1 aromatic carbocycles. The Morgan fingerprint density at radius 1 is 1.32 bits per heavy atom. The molecule has 0 aliphatic rings. The van der Waals surface area contributed by atoms with Crippen molar-refractivity contribution in [3.05, 3.63) is 46.5 Å². The number of guanidine groups is 1. The number of nitrogens with zero attached hydrogens (tertiary/aromatic N) is 4. The van der Waals surface area contributed by atoms with Crippen LogP contribution in [0, 0.1) is 6.92 Å². The van der Waals surface area contributed by atoms with Crippen molar-refractivity contribution in [2.24, 2.45) is 12.0 Å². The van der Waals surface area contributed by atoms with Crippen LogP contribution in [0.15, 0.2) is 29.3 Å². The highest BCUT2D eigenvalue weighted by molar-refractivity contribution is 6.30. The smallest absolute Gasteiger partial charge is 0.191 e. The van der Waals surface area contributed by atoms with Crippen LogP contribution in [0.3, 0.4) is 0 Å². The number of rotatable bonds is 5. The molecule has 2 N–H and O–H groups in total. The van der Waals surface area contributed by atoms with Gasteiger partial charge in [0.15, 0.2) is 11.8 Å². The first-order chi connectivity index (χ1) is 10.6. The molecular formula is C15H21ClN6. The van der Waals surface area contributed by atoms with Gasteiger partial charge < -0.3 is 15.2 Å². The summed E-state index contributed by atoms with van der Waals surface area (Å²) in [4.78, 5) is 4.55. The van der Waals surface area contributed by atoms with Gasteiger partial charge in [0.25, 0.3) is 0 Å². The molecule has 0 fully saturated rings. The summed E-state index contributed by atoms with van der Waals surface area (Å²) in [6.45, 7) is 5.88. The molecular weight excluding hydrogens is 300 g/mol. The Labute approximate surface area is 135 Å². The van der Waals surface area contributed by atoms with Crippen molar-refractivity contribution in [2.75, 3.05) is 6.54 Å². The van der Waals surface area contributed by atoms with E-state index in [4.69, 9.17) is 11.6 Å². The van der Waals surface area contributed by atoms with E-state index in [2.05, 4.69) is 25.8 Å². The van der Waals surface area contributed by atoms with Crippen LogP contribution in [0.4, 0.5) is 0 Å². The van der Waals surface area contributed by atoms with Crippen molar-refractivity contribution in [1.29, 1.82) is 0 Å². The highest BCUT2D eigenvalue weighted by Crippen LogP contribution is 2.11. The van der Waals surface area contributed by atoms with Gasteiger partial charge in [-0.1, -0.05) is 23.7 Å². The highest BCUT2D eigenvalue weighted by atomic mass is 35.5. The first kappa shape index (κ1) is 16.3. The zero-order valence-electron chi connectivity index (χ0n) is 13.1. The van der Waals surface area contributed by atoms with Crippen LogP contribution in [-0.2, 0) is 20.1 Å². The van der Waals surface area contributed by atoms with Crippen LogP contribution in [0.1, 0.15) is 24.1 Å². The van der Waals surface area contributed by atoms with Crippen molar-refractivity contribution in [1.82, 2.24) is 25.4 Å². The SMILES string of the molecule is CCNC(=NCc1cccc(Cl)c1)NCc1nnc(C)n1C. The van der Waals surface area contributed by atoms with Crippen molar-refractivity contribution in [2.45, 2.75) is 26.9 Å². The van der Waals surface area contributed by atoms with E-state index >= 15 is 0 Å². The number of nitrogens with one attached hydrogen (secondary N) is 2. The van der Waals surface area contributed by atoms with E-state index in [1.165, 1.54) is 0 Å². The van der Waals surface area contributed by atoms with E-state index in [9.17, 15) is 0 Å². The van der Waals surface area contributed by atoms with Crippen LogP contribution in [-0.4, -0.2) is 27.3 Å². The largest absolute Gasteiger partial charge is 0.357 e. The third kappa shape index (κ3) is 4.46. The van der Waals surface area contributed by atoms with Gasteiger partial charge in [0, 0.05) is 18.6 Å². The summed E-state index contributed by atoms with van der Waals surface area (Å²) in [5.41, 5.74) is 1.07. The molecule has 0 saturated carbocycles. The summed E-state index contributed by atoms with van der Waals surface area (Å²) in [5.74, 6) is 2.49. The molecule has 0 saturated heterocycles. The molecule has 0 radical (unpaired) electrons. The topological polar surface area (TPSA) is 67.1 Å². The van der Waals surface area contributed by atoms with Crippen LogP contribution >= 0.6 is 11.6 Å². The van der Waals surface area contributed by atoms with Gasteiger partial charge in [0.05, 0.1) is 13.1 Å². The summed E-state index contributed by atoms with van der Waals surface area (Å²) in [6, 6.07) is 7.70. The Balaban J connectivity index is 1.99. The predicted octanol–water partition coefficient (Wildman–Crippen LogP) is 2.03. The molecule has 118 valence electrons. The first-order valence-electron chi connectivity index (χ1n) is 7.21. The Hall–Kier alpha value is -2.08. The molecule has 6 nitrogen and oxygen atoms in total. The quantitative estimate of drug-likeness (QED) is 0.653. The van der Waals surface area contributed by atoms with Crippen molar-refractivity contribution < 1.29 is 0 Å². The van der Waals surface area contributed by atoms with Gasteiger partial charge in [-0.05, 0) is 31.5 Å². The van der Waals surface area contributed by atoms with Crippen molar-refractivity contribution in [3.8, 4) is 0 Å². The lowest BCUT2D eigenvalue weighted by Gasteiger charge is -2.11. The minimum atomic E-state index is 0.563. The molecule has 2 aromatic rings. The second-order valence-electron chi connectivity index (χ2n) is 4.90. The number of hydrogen-bond acceptors (Lipinski definition) is 3. The average molecular weight is 321 g/mol. The zero-order valence-corrected chi connectivity index (χ0v) is 13.9. The Morgan fingerprint density at radius 3 is 2.77 bits per heavy atom. The summed E-state index contributed by atoms with van der Waals surface area (Å²) in [5, 5.41) is 15.4. The van der Waals surface area contributed by atoms with Crippen molar-refractivity contribution >= 4 is 17.6 Å². The Bertz CT molecular complexity index is 649. The van der Waals surface area contributed by atoms with Gasteiger partial charge in [-0.2, -0.15) is 0 Å². The van der Waals surface area contributed by atoms with Gasteiger partial charge in [-0.3, -0.25) is 0 Å². The fourth-order valence-corrected chi connectivity index (χ4v) is 2.13. The molecule has 0 bridgehead atoms. The molecule has 0 aliphatic carbocycles. The van der Waals surface area contributed by atoms with Gasteiger partial charge in [-0.15, -0.1) is 10.2 Å². The summed E-state index contributed by atoms with van der Waals surface area (Å²) in [6.07, 6.45) is 0. The maximum Gasteiger partial charge on any atom is 0.191 e. The van der Waals surface area contributed by atoms with E-state index < -0.39 is 0 Å². The monoisotopic (exact) mass is 320 g/mol. The molecule has 0 atom stereocenters. The minimum absolute atomic E-state index is 0.563. The predicted molar refractivity (Wildman–Crippen MR) is 88.8 cm³/mol. The van der Waals surface area contributed by atoms with E-state index in [-0.39, 0.29) is 0 Å². The third-order valence-corrected chi connectivity index (χ3v) is 3.48. The molecule has 0 spiro atoms.